The van der Waals surface area contributed by atoms with Gasteiger partial charge in [-0.15, -0.1) is 0 Å². The van der Waals surface area contributed by atoms with Crippen molar-refractivity contribution in [3.05, 3.63) is 71.2 Å². The third-order valence-electron chi connectivity index (χ3n) is 4.95. The van der Waals surface area contributed by atoms with Crippen LogP contribution >= 0.6 is 0 Å². The molecule has 0 bridgehead atoms. The lowest BCUT2D eigenvalue weighted by atomic mass is 9.97. The van der Waals surface area contributed by atoms with Gasteiger partial charge in [-0.05, 0) is 36.6 Å². The van der Waals surface area contributed by atoms with E-state index < -0.39 is 0 Å². The molecule has 24 heavy (non-hydrogen) atoms. The van der Waals surface area contributed by atoms with Crippen LogP contribution in [0.1, 0.15) is 29.8 Å². The highest BCUT2D eigenvalue weighted by Gasteiger charge is 2.30. The number of benzene rings is 2. The summed E-state index contributed by atoms with van der Waals surface area (Å²) in [5.41, 5.74) is 3.97. The standard InChI is InChI=1S/C20H19FN2O/c1-13-20-16(15-7-3-5-9-18(15)22-20)10-11-23(13)19(24)12-14-6-2-4-8-17(14)21/h2-9,13,22H,10-12H2,1H3. The number of aromatic nitrogens is 1. The second kappa shape index (κ2) is 5.78. The van der Waals surface area contributed by atoms with Crippen LogP contribution in [0.2, 0.25) is 0 Å². The molecule has 1 N–H and O–H groups in total. The van der Waals surface area contributed by atoms with Crippen LogP contribution in [0.15, 0.2) is 48.5 Å². The van der Waals surface area contributed by atoms with Crippen LogP contribution in [0.3, 0.4) is 0 Å². The molecule has 1 aromatic heterocycles. The predicted octanol–water partition coefficient (Wildman–Crippen LogP) is 4.00. The molecular formula is C20H19FN2O. The highest BCUT2D eigenvalue weighted by atomic mass is 19.1. The van der Waals surface area contributed by atoms with E-state index in [1.807, 2.05) is 24.0 Å². The van der Waals surface area contributed by atoms with Crippen LogP contribution < -0.4 is 0 Å². The molecular weight excluding hydrogens is 303 g/mol. The molecule has 0 spiro atoms. The maximum Gasteiger partial charge on any atom is 0.227 e. The number of rotatable bonds is 2. The molecule has 3 aromatic rings. The zero-order valence-corrected chi connectivity index (χ0v) is 13.6. The number of amides is 1. The lowest BCUT2D eigenvalue weighted by Gasteiger charge is -2.33. The second-order valence-corrected chi connectivity index (χ2v) is 6.34. The van der Waals surface area contributed by atoms with E-state index in [2.05, 4.69) is 17.1 Å². The van der Waals surface area contributed by atoms with Crippen molar-refractivity contribution in [1.29, 1.82) is 0 Å². The molecule has 122 valence electrons. The minimum atomic E-state index is -0.318. The molecule has 0 saturated heterocycles. The van der Waals surface area contributed by atoms with Crippen LogP contribution in [0, 0.1) is 5.82 Å². The Kier molecular flexibility index (Phi) is 3.60. The van der Waals surface area contributed by atoms with Gasteiger partial charge in [-0.1, -0.05) is 36.4 Å². The molecule has 1 unspecified atom stereocenters. The fraction of sp³-hybridized carbons (Fsp3) is 0.250. The molecule has 3 nitrogen and oxygen atoms in total. The van der Waals surface area contributed by atoms with Gasteiger partial charge in [-0.2, -0.15) is 0 Å². The fourth-order valence-electron chi connectivity index (χ4n) is 3.68. The van der Waals surface area contributed by atoms with Gasteiger partial charge in [0.25, 0.3) is 0 Å². The van der Waals surface area contributed by atoms with Gasteiger partial charge in [-0.3, -0.25) is 4.79 Å². The maximum absolute atomic E-state index is 13.8. The van der Waals surface area contributed by atoms with Gasteiger partial charge >= 0.3 is 0 Å². The molecule has 0 saturated carbocycles. The van der Waals surface area contributed by atoms with Crippen molar-refractivity contribution < 1.29 is 9.18 Å². The summed E-state index contributed by atoms with van der Waals surface area (Å²) >= 11 is 0. The first kappa shape index (κ1) is 14.9. The van der Waals surface area contributed by atoms with Crippen LogP contribution in [0.4, 0.5) is 4.39 Å². The largest absolute Gasteiger partial charge is 0.356 e. The van der Waals surface area contributed by atoms with Crippen molar-refractivity contribution in [2.45, 2.75) is 25.8 Å². The molecule has 2 heterocycles. The van der Waals surface area contributed by atoms with E-state index in [9.17, 15) is 9.18 Å². The molecule has 2 aromatic carbocycles. The van der Waals surface area contributed by atoms with E-state index in [0.29, 0.717) is 12.1 Å². The van der Waals surface area contributed by atoms with E-state index in [1.165, 1.54) is 17.0 Å². The number of fused-ring (bicyclic) bond motifs is 3. The SMILES string of the molecule is CC1c2[nH]c3ccccc3c2CCN1C(=O)Cc1ccccc1F. The first-order chi connectivity index (χ1) is 11.6. The molecule has 1 aliphatic rings. The van der Waals surface area contributed by atoms with Crippen LogP contribution in [-0.2, 0) is 17.6 Å². The molecule has 4 rings (SSSR count). The number of carbonyl (C=O) groups excluding carboxylic acids is 1. The number of aromatic amines is 1. The van der Waals surface area contributed by atoms with Gasteiger partial charge in [0.05, 0.1) is 12.5 Å². The van der Waals surface area contributed by atoms with Gasteiger partial charge in [0.2, 0.25) is 5.91 Å². The van der Waals surface area contributed by atoms with E-state index in [1.54, 1.807) is 18.2 Å². The number of hydrogen-bond acceptors (Lipinski definition) is 1. The molecule has 0 aliphatic carbocycles. The lowest BCUT2D eigenvalue weighted by Crippen LogP contribution is -2.39. The zero-order chi connectivity index (χ0) is 16.7. The Balaban J connectivity index is 1.62. The lowest BCUT2D eigenvalue weighted by molar-refractivity contribution is -0.133. The molecule has 4 heteroatoms. The van der Waals surface area contributed by atoms with Crippen molar-refractivity contribution in [2.24, 2.45) is 0 Å². The molecule has 1 aliphatic heterocycles. The number of carbonyl (C=O) groups is 1. The maximum atomic E-state index is 13.8. The number of halogens is 1. The topological polar surface area (TPSA) is 36.1 Å². The summed E-state index contributed by atoms with van der Waals surface area (Å²) in [6.45, 7) is 2.70. The third kappa shape index (κ3) is 2.39. The number of nitrogens with one attached hydrogen (secondary N) is 1. The minimum Gasteiger partial charge on any atom is -0.356 e. The summed E-state index contributed by atoms with van der Waals surface area (Å²) < 4.78 is 13.8. The number of H-pyrrole nitrogens is 1. The number of nitrogens with zero attached hydrogens (tertiary/aromatic N) is 1. The zero-order valence-electron chi connectivity index (χ0n) is 13.6. The Labute approximate surface area is 140 Å². The summed E-state index contributed by atoms with van der Waals surface area (Å²) in [5.74, 6) is -0.348. The Morgan fingerprint density at radius 3 is 2.79 bits per heavy atom. The fourth-order valence-corrected chi connectivity index (χ4v) is 3.68. The third-order valence-corrected chi connectivity index (χ3v) is 4.95. The Hall–Kier alpha value is -2.62. The van der Waals surface area contributed by atoms with E-state index in [0.717, 1.165) is 17.6 Å². The summed E-state index contributed by atoms with van der Waals surface area (Å²) in [5, 5.41) is 1.24. The van der Waals surface area contributed by atoms with E-state index in [4.69, 9.17) is 0 Å². The van der Waals surface area contributed by atoms with Crippen molar-refractivity contribution in [2.75, 3.05) is 6.54 Å². The monoisotopic (exact) mass is 322 g/mol. The number of hydrogen-bond donors (Lipinski definition) is 1. The Morgan fingerprint density at radius 2 is 1.96 bits per heavy atom. The molecule has 1 amide bonds. The molecule has 0 fully saturated rings. The van der Waals surface area contributed by atoms with Crippen molar-refractivity contribution in [1.82, 2.24) is 9.88 Å². The highest BCUT2D eigenvalue weighted by Crippen LogP contribution is 2.34. The predicted molar refractivity (Wildman–Crippen MR) is 92.2 cm³/mol. The van der Waals surface area contributed by atoms with Crippen LogP contribution in [0.25, 0.3) is 10.9 Å². The first-order valence-electron chi connectivity index (χ1n) is 8.27. The van der Waals surface area contributed by atoms with Crippen molar-refractivity contribution in [3.8, 4) is 0 Å². The Morgan fingerprint density at radius 1 is 1.21 bits per heavy atom. The van der Waals surface area contributed by atoms with Crippen molar-refractivity contribution in [3.63, 3.8) is 0 Å². The summed E-state index contributed by atoms with van der Waals surface area (Å²) in [7, 11) is 0. The summed E-state index contributed by atoms with van der Waals surface area (Å²) in [6, 6.07) is 14.7. The van der Waals surface area contributed by atoms with Gasteiger partial charge in [0.1, 0.15) is 5.82 Å². The van der Waals surface area contributed by atoms with Gasteiger partial charge in [0.15, 0.2) is 0 Å². The first-order valence-corrected chi connectivity index (χ1v) is 8.27. The quantitative estimate of drug-likeness (QED) is 0.761. The average molecular weight is 322 g/mol. The summed E-state index contributed by atoms with van der Waals surface area (Å²) in [4.78, 5) is 18.0. The van der Waals surface area contributed by atoms with Crippen molar-refractivity contribution >= 4 is 16.8 Å². The number of para-hydroxylation sites is 1. The smallest absolute Gasteiger partial charge is 0.227 e. The highest BCUT2D eigenvalue weighted by molar-refractivity contribution is 5.86. The van der Waals surface area contributed by atoms with Gasteiger partial charge < -0.3 is 9.88 Å². The van der Waals surface area contributed by atoms with Crippen LogP contribution in [-0.4, -0.2) is 22.3 Å². The average Bonchev–Trinajstić information content (AvgIpc) is 2.97. The molecule has 1 atom stereocenters. The van der Waals surface area contributed by atoms with Gasteiger partial charge in [-0.25, -0.2) is 4.39 Å². The van der Waals surface area contributed by atoms with Gasteiger partial charge in [0, 0.05) is 23.1 Å². The second-order valence-electron chi connectivity index (χ2n) is 6.34. The van der Waals surface area contributed by atoms with E-state index in [-0.39, 0.29) is 24.2 Å². The summed E-state index contributed by atoms with van der Waals surface area (Å²) in [6.07, 6.45) is 0.930. The van der Waals surface area contributed by atoms with E-state index >= 15 is 0 Å². The normalized spacial score (nSPS) is 17.1. The molecule has 0 radical (unpaired) electrons. The Bertz CT molecular complexity index is 915. The van der Waals surface area contributed by atoms with Crippen LogP contribution in [0.5, 0.6) is 0 Å². The minimum absolute atomic E-state index is 0.0274.